The largest absolute Gasteiger partial charge is 0.497 e. The topological polar surface area (TPSA) is 94.9 Å². The number of aryl methyl sites for hydroxylation is 2. The maximum absolute atomic E-state index is 12.9. The van der Waals surface area contributed by atoms with Gasteiger partial charge in [0.25, 0.3) is 0 Å². The summed E-state index contributed by atoms with van der Waals surface area (Å²) < 4.78 is 12.6. The van der Waals surface area contributed by atoms with Crippen LogP contribution < -0.4 is 4.74 Å². The van der Waals surface area contributed by atoms with Crippen LogP contribution in [0.15, 0.2) is 30.3 Å². The fourth-order valence-electron chi connectivity index (χ4n) is 5.47. The minimum Gasteiger partial charge on any atom is -0.497 e. The van der Waals surface area contributed by atoms with Gasteiger partial charge in [-0.25, -0.2) is 4.79 Å². The van der Waals surface area contributed by atoms with E-state index in [0.29, 0.717) is 24.9 Å². The predicted molar refractivity (Wildman–Crippen MR) is 133 cm³/mol. The van der Waals surface area contributed by atoms with Crippen molar-refractivity contribution < 1.29 is 28.7 Å². The molecule has 36 heavy (non-hydrogen) atoms. The summed E-state index contributed by atoms with van der Waals surface area (Å²) in [4.78, 5) is 52.2. The molecule has 192 valence electrons. The molecule has 2 aromatic rings. The summed E-state index contributed by atoms with van der Waals surface area (Å²) in [5.74, 6) is -1.48. The summed E-state index contributed by atoms with van der Waals surface area (Å²) >= 11 is 0. The Labute approximate surface area is 211 Å². The summed E-state index contributed by atoms with van der Waals surface area (Å²) in [5.41, 5.74) is 3.41. The van der Waals surface area contributed by atoms with Crippen LogP contribution in [0, 0.1) is 25.7 Å². The first-order valence-electron chi connectivity index (χ1n) is 12.6. The third-order valence-electron chi connectivity index (χ3n) is 7.61. The zero-order valence-corrected chi connectivity index (χ0v) is 21.4. The molecule has 0 N–H and O–H groups in total. The lowest BCUT2D eigenvalue weighted by Gasteiger charge is -2.21. The molecule has 1 aliphatic carbocycles. The van der Waals surface area contributed by atoms with Crippen molar-refractivity contribution >= 4 is 23.6 Å². The van der Waals surface area contributed by atoms with E-state index in [0.717, 1.165) is 46.9 Å². The Morgan fingerprint density at radius 2 is 1.64 bits per heavy atom. The van der Waals surface area contributed by atoms with Gasteiger partial charge >= 0.3 is 5.97 Å². The van der Waals surface area contributed by atoms with E-state index in [9.17, 15) is 19.2 Å². The maximum atomic E-state index is 12.9. The van der Waals surface area contributed by atoms with Gasteiger partial charge in [-0.3, -0.25) is 19.3 Å². The van der Waals surface area contributed by atoms with Gasteiger partial charge in [-0.15, -0.1) is 0 Å². The molecule has 0 bridgehead atoms. The zero-order chi connectivity index (χ0) is 26.0. The number of imide groups is 1. The van der Waals surface area contributed by atoms with Crippen LogP contribution in [0.4, 0.5) is 0 Å². The Kier molecular flexibility index (Phi) is 7.62. The molecule has 2 fully saturated rings. The van der Waals surface area contributed by atoms with Crippen LogP contribution >= 0.6 is 0 Å². The molecule has 2 unspecified atom stereocenters. The number of ether oxygens (including phenoxy) is 2. The van der Waals surface area contributed by atoms with Crippen molar-refractivity contribution in [1.82, 2.24) is 9.47 Å². The Bertz CT molecular complexity index is 1140. The lowest BCUT2D eigenvalue weighted by molar-refractivity contribution is -0.157. The van der Waals surface area contributed by atoms with Crippen LogP contribution in [0.3, 0.4) is 0 Å². The van der Waals surface area contributed by atoms with Crippen molar-refractivity contribution in [2.24, 2.45) is 11.8 Å². The normalized spacial score (nSPS) is 20.3. The van der Waals surface area contributed by atoms with E-state index < -0.39 is 18.6 Å². The Balaban J connectivity index is 1.35. The first-order valence-corrected chi connectivity index (χ1v) is 12.6. The number of methoxy groups -OCH3 is 1. The molecule has 1 saturated carbocycles. The van der Waals surface area contributed by atoms with Crippen LogP contribution in [0.1, 0.15) is 59.9 Å². The van der Waals surface area contributed by atoms with Crippen molar-refractivity contribution in [3.63, 3.8) is 0 Å². The highest BCUT2D eigenvalue weighted by molar-refractivity contribution is 6.08. The van der Waals surface area contributed by atoms with Crippen molar-refractivity contribution in [2.75, 3.05) is 13.7 Å². The monoisotopic (exact) mass is 494 g/mol. The van der Waals surface area contributed by atoms with Gasteiger partial charge < -0.3 is 14.0 Å². The number of benzene rings is 1. The average molecular weight is 495 g/mol. The molecule has 2 amide bonds. The summed E-state index contributed by atoms with van der Waals surface area (Å²) in [6, 6.07) is 8.65. The van der Waals surface area contributed by atoms with Crippen molar-refractivity contribution in [1.29, 1.82) is 0 Å². The number of carbonyl (C=O) groups excluding carboxylic acids is 4. The summed E-state index contributed by atoms with van der Waals surface area (Å²) in [5, 5.41) is 0. The summed E-state index contributed by atoms with van der Waals surface area (Å²) in [6.07, 6.45) is 3.99. The Morgan fingerprint density at radius 3 is 2.22 bits per heavy atom. The van der Waals surface area contributed by atoms with Gasteiger partial charge in [-0.1, -0.05) is 25.0 Å². The Morgan fingerprint density at radius 1 is 1.03 bits per heavy atom. The molecule has 2 heterocycles. The van der Waals surface area contributed by atoms with Gasteiger partial charge in [-0.2, -0.15) is 0 Å². The second-order valence-electron chi connectivity index (χ2n) is 9.79. The van der Waals surface area contributed by atoms with Crippen molar-refractivity contribution in [3.05, 3.63) is 52.8 Å². The smallest absolute Gasteiger partial charge is 0.329 e. The molecule has 1 aliphatic heterocycles. The van der Waals surface area contributed by atoms with E-state index in [1.165, 1.54) is 6.92 Å². The number of ketones is 1. The van der Waals surface area contributed by atoms with Crippen molar-refractivity contribution in [3.8, 4) is 5.75 Å². The van der Waals surface area contributed by atoms with Gasteiger partial charge in [-0.05, 0) is 63.8 Å². The second-order valence-corrected chi connectivity index (χ2v) is 9.79. The fourth-order valence-corrected chi connectivity index (χ4v) is 5.47. The number of esters is 1. The third-order valence-corrected chi connectivity index (χ3v) is 7.61. The highest BCUT2D eigenvalue weighted by Crippen LogP contribution is 2.39. The number of nitrogens with zero attached hydrogens (tertiary/aromatic N) is 2. The Hall–Kier alpha value is -3.42. The van der Waals surface area contributed by atoms with Gasteiger partial charge in [0.15, 0.2) is 6.61 Å². The number of rotatable bonds is 9. The number of fused-ring (bicyclic) bond motifs is 1. The highest BCUT2D eigenvalue weighted by atomic mass is 16.5. The second kappa shape index (κ2) is 10.7. The van der Waals surface area contributed by atoms with E-state index in [1.54, 1.807) is 13.2 Å². The lowest BCUT2D eigenvalue weighted by atomic mass is 9.81. The zero-order valence-electron chi connectivity index (χ0n) is 21.4. The summed E-state index contributed by atoms with van der Waals surface area (Å²) in [6.45, 7) is 5.58. The number of likely N-dealkylation sites (tertiary alicyclic amines) is 1. The molecule has 0 spiro atoms. The molecule has 3 atom stereocenters. The molecule has 8 nitrogen and oxygen atoms in total. The van der Waals surface area contributed by atoms with Gasteiger partial charge in [0.2, 0.25) is 17.6 Å². The van der Waals surface area contributed by atoms with Crippen LogP contribution in [-0.2, 0) is 32.1 Å². The number of amides is 2. The third kappa shape index (κ3) is 4.94. The standard InChI is InChI=1S/C28H34N2O6/c1-17-15-24(18(2)29(17)14-13-20-9-11-21(35-4)12-10-20)25(31)16-36-28(34)19(3)30-26(32)22-7-5-6-8-23(22)27(30)33/h9-12,15,19,22-23H,5-8,13-14,16H2,1-4H3/t19-,22?,23?/m0/s1. The molecule has 0 radical (unpaired) electrons. The lowest BCUT2D eigenvalue weighted by Crippen LogP contribution is -2.44. The van der Waals surface area contributed by atoms with Crippen molar-refractivity contribution in [2.45, 2.75) is 65.5 Å². The number of aromatic nitrogens is 1. The van der Waals surface area contributed by atoms with Gasteiger partial charge in [0, 0.05) is 23.5 Å². The number of carbonyl (C=O) groups is 4. The minimum atomic E-state index is -1.04. The molecular weight excluding hydrogens is 460 g/mol. The van der Waals surface area contributed by atoms with Gasteiger partial charge in [0.05, 0.1) is 18.9 Å². The SMILES string of the molecule is COc1ccc(CCn2c(C)cc(C(=O)COC(=O)[C@H](C)N3C(=O)C4CCCCC4C3=O)c2C)cc1. The summed E-state index contributed by atoms with van der Waals surface area (Å²) in [7, 11) is 1.63. The first kappa shape index (κ1) is 25.7. The van der Waals surface area contributed by atoms with Crippen LogP contribution in [0.2, 0.25) is 0 Å². The van der Waals surface area contributed by atoms with E-state index in [-0.39, 0.29) is 29.4 Å². The van der Waals surface area contributed by atoms with E-state index in [1.807, 2.05) is 38.1 Å². The first-order chi connectivity index (χ1) is 17.2. The molecule has 1 aromatic carbocycles. The molecule has 1 aromatic heterocycles. The molecule has 1 saturated heterocycles. The van der Waals surface area contributed by atoms with Crippen LogP contribution in [0.25, 0.3) is 0 Å². The van der Waals surface area contributed by atoms with E-state index in [4.69, 9.17) is 9.47 Å². The highest BCUT2D eigenvalue weighted by Gasteiger charge is 2.51. The number of hydrogen-bond donors (Lipinski definition) is 0. The molecular formula is C28H34N2O6. The van der Waals surface area contributed by atoms with Crippen LogP contribution in [-0.4, -0.2) is 52.8 Å². The number of hydrogen-bond acceptors (Lipinski definition) is 6. The quantitative estimate of drug-likeness (QED) is 0.300. The fraction of sp³-hybridized carbons (Fsp3) is 0.500. The van der Waals surface area contributed by atoms with Crippen LogP contribution in [0.5, 0.6) is 5.75 Å². The predicted octanol–water partition coefficient (Wildman–Crippen LogP) is 3.65. The van der Waals surface area contributed by atoms with E-state index >= 15 is 0 Å². The van der Waals surface area contributed by atoms with Gasteiger partial charge in [0.1, 0.15) is 11.8 Å². The number of Topliss-reactive ketones (excluding diaryl/α,β-unsaturated/α-hetero) is 1. The maximum Gasteiger partial charge on any atom is 0.329 e. The molecule has 8 heteroatoms. The average Bonchev–Trinajstić information content (AvgIpc) is 3.32. The molecule has 2 aliphatic rings. The minimum absolute atomic E-state index is 0.291. The molecule has 4 rings (SSSR count). The van der Waals surface area contributed by atoms with E-state index in [2.05, 4.69) is 4.57 Å².